The zero-order valence-corrected chi connectivity index (χ0v) is 16.0. The van der Waals surface area contributed by atoms with Crippen LogP contribution in [0.5, 0.6) is 0 Å². The van der Waals surface area contributed by atoms with Gasteiger partial charge < -0.3 is 15.4 Å². The number of piperidine rings is 1. The first-order valence-corrected chi connectivity index (χ1v) is 8.48. The van der Waals surface area contributed by atoms with Crippen molar-refractivity contribution in [3.05, 3.63) is 35.4 Å². The van der Waals surface area contributed by atoms with E-state index in [1.165, 1.54) is 19.2 Å². The van der Waals surface area contributed by atoms with Crippen LogP contribution in [0.1, 0.15) is 43.4 Å². The van der Waals surface area contributed by atoms with Gasteiger partial charge in [-0.05, 0) is 44.0 Å². The predicted molar refractivity (Wildman–Crippen MR) is 96.4 cm³/mol. The van der Waals surface area contributed by atoms with Crippen molar-refractivity contribution in [2.75, 3.05) is 13.7 Å². The summed E-state index contributed by atoms with van der Waals surface area (Å²) < 4.78 is 42.8. The number of hydrogen-bond acceptors (Lipinski definition) is 4. The van der Waals surface area contributed by atoms with Gasteiger partial charge in [0.25, 0.3) is 0 Å². The van der Waals surface area contributed by atoms with E-state index in [1.54, 1.807) is 0 Å². The van der Waals surface area contributed by atoms with Crippen molar-refractivity contribution in [2.45, 2.75) is 44.4 Å². The lowest BCUT2D eigenvalue weighted by Crippen LogP contribution is -2.43. The van der Waals surface area contributed by atoms with Crippen molar-refractivity contribution >= 4 is 24.3 Å². The Balaban J connectivity index is 0.00000364. The first-order chi connectivity index (χ1) is 12.2. The Morgan fingerprint density at radius 3 is 2.44 bits per heavy atom. The van der Waals surface area contributed by atoms with E-state index in [1.807, 2.05) is 6.92 Å². The molecule has 3 atom stereocenters. The number of ether oxygens (including phenoxy) is 1. The van der Waals surface area contributed by atoms with Crippen LogP contribution < -0.4 is 10.6 Å². The number of amides is 1. The minimum Gasteiger partial charge on any atom is -0.469 e. The number of esters is 1. The van der Waals surface area contributed by atoms with Crippen LogP contribution in [-0.4, -0.2) is 31.6 Å². The molecule has 1 aliphatic rings. The molecule has 1 unspecified atom stereocenters. The van der Waals surface area contributed by atoms with Crippen LogP contribution in [0.15, 0.2) is 24.3 Å². The molecule has 0 bridgehead atoms. The minimum absolute atomic E-state index is 0. The van der Waals surface area contributed by atoms with E-state index >= 15 is 0 Å². The monoisotopic (exact) mass is 408 g/mol. The van der Waals surface area contributed by atoms with Crippen molar-refractivity contribution in [3.8, 4) is 0 Å². The SMILES string of the molecule is COC(=O)CC(NC(=O)[C@H]1CCN[C@@H](C)C1)c1ccc(C(F)(F)F)cc1.Cl. The number of carbonyl (C=O) groups excluding carboxylic acids is 2. The largest absolute Gasteiger partial charge is 0.469 e. The van der Waals surface area contributed by atoms with E-state index in [9.17, 15) is 22.8 Å². The number of carbonyl (C=O) groups is 2. The number of alkyl halides is 3. The van der Waals surface area contributed by atoms with Gasteiger partial charge in [-0.15, -0.1) is 12.4 Å². The third-order valence-corrected chi connectivity index (χ3v) is 4.55. The van der Waals surface area contributed by atoms with E-state index in [-0.39, 0.29) is 36.7 Å². The van der Waals surface area contributed by atoms with Gasteiger partial charge in [0, 0.05) is 12.0 Å². The highest BCUT2D eigenvalue weighted by Crippen LogP contribution is 2.30. The van der Waals surface area contributed by atoms with Gasteiger partial charge in [0.15, 0.2) is 0 Å². The van der Waals surface area contributed by atoms with Crippen LogP contribution in [0.4, 0.5) is 13.2 Å². The highest BCUT2D eigenvalue weighted by molar-refractivity contribution is 5.85. The highest BCUT2D eigenvalue weighted by atomic mass is 35.5. The number of rotatable bonds is 5. The molecule has 2 N–H and O–H groups in total. The quantitative estimate of drug-likeness (QED) is 0.734. The maximum absolute atomic E-state index is 12.7. The first-order valence-electron chi connectivity index (χ1n) is 8.48. The van der Waals surface area contributed by atoms with Crippen LogP contribution in [0, 0.1) is 5.92 Å². The summed E-state index contributed by atoms with van der Waals surface area (Å²) in [5, 5.41) is 6.05. The summed E-state index contributed by atoms with van der Waals surface area (Å²) in [5.41, 5.74) is -0.352. The second-order valence-electron chi connectivity index (χ2n) is 6.54. The Bertz CT molecular complexity index is 638. The molecule has 0 aliphatic carbocycles. The second-order valence-corrected chi connectivity index (χ2v) is 6.54. The smallest absolute Gasteiger partial charge is 0.416 e. The van der Waals surface area contributed by atoms with Gasteiger partial charge in [-0.2, -0.15) is 13.2 Å². The van der Waals surface area contributed by atoms with Crippen molar-refractivity contribution in [1.29, 1.82) is 0 Å². The Kier molecular flexibility index (Phi) is 8.56. The number of methoxy groups -OCH3 is 1. The molecule has 0 saturated carbocycles. The average Bonchev–Trinajstić information content (AvgIpc) is 2.60. The Morgan fingerprint density at radius 2 is 1.93 bits per heavy atom. The third kappa shape index (κ3) is 6.70. The topological polar surface area (TPSA) is 67.4 Å². The van der Waals surface area contributed by atoms with Crippen molar-refractivity contribution in [2.24, 2.45) is 5.92 Å². The predicted octanol–water partition coefficient (Wildman–Crippen LogP) is 3.24. The Labute approximate surface area is 162 Å². The summed E-state index contributed by atoms with van der Waals surface area (Å²) in [6, 6.07) is 3.92. The summed E-state index contributed by atoms with van der Waals surface area (Å²) >= 11 is 0. The van der Waals surface area contributed by atoms with Crippen molar-refractivity contribution in [3.63, 3.8) is 0 Å². The number of benzene rings is 1. The van der Waals surface area contributed by atoms with Crippen LogP contribution in [0.25, 0.3) is 0 Å². The van der Waals surface area contributed by atoms with Gasteiger partial charge in [0.2, 0.25) is 5.91 Å². The molecule has 9 heteroatoms. The van der Waals surface area contributed by atoms with E-state index in [2.05, 4.69) is 15.4 Å². The Morgan fingerprint density at radius 1 is 1.30 bits per heavy atom. The lowest BCUT2D eigenvalue weighted by atomic mass is 9.91. The molecule has 2 rings (SSSR count). The highest BCUT2D eigenvalue weighted by Gasteiger charge is 2.31. The fourth-order valence-corrected chi connectivity index (χ4v) is 3.07. The molecule has 1 fully saturated rings. The fraction of sp³-hybridized carbons (Fsp3) is 0.556. The van der Waals surface area contributed by atoms with Gasteiger partial charge in [0.05, 0.1) is 25.1 Å². The van der Waals surface area contributed by atoms with Crippen LogP contribution in [0.2, 0.25) is 0 Å². The molecule has 1 aromatic carbocycles. The van der Waals surface area contributed by atoms with E-state index in [0.29, 0.717) is 18.4 Å². The molecular weight excluding hydrogens is 385 g/mol. The van der Waals surface area contributed by atoms with E-state index in [0.717, 1.165) is 18.7 Å². The molecule has 152 valence electrons. The van der Waals surface area contributed by atoms with Crippen LogP contribution in [0.3, 0.4) is 0 Å². The number of nitrogens with one attached hydrogen (secondary N) is 2. The first kappa shape index (κ1) is 23.2. The summed E-state index contributed by atoms with van der Waals surface area (Å²) in [7, 11) is 1.22. The second kappa shape index (κ2) is 9.94. The molecule has 0 radical (unpaired) electrons. The number of hydrogen-bond donors (Lipinski definition) is 2. The number of halogens is 4. The average molecular weight is 409 g/mol. The molecule has 1 saturated heterocycles. The van der Waals surface area contributed by atoms with Gasteiger partial charge in [-0.1, -0.05) is 12.1 Å². The van der Waals surface area contributed by atoms with Crippen LogP contribution >= 0.6 is 12.4 Å². The summed E-state index contributed by atoms with van der Waals surface area (Å²) in [5.74, 6) is -0.943. The minimum atomic E-state index is -4.44. The van der Waals surface area contributed by atoms with Crippen molar-refractivity contribution < 1.29 is 27.5 Å². The molecule has 1 aliphatic heterocycles. The lowest BCUT2D eigenvalue weighted by Gasteiger charge is -2.29. The lowest BCUT2D eigenvalue weighted by molar-refractivity contribution is -0.141. The zero-order chi connectivity index (χ0) is 19.3. The Hall–Kier alpha value is -1.80. The third-order valence-electron chi connectivity index (χ3n) is 4.55. The fourth-order valence-electron chi connectivity index (χ4n) is 3.07. The molecular formula is C18H24ClF3N2O3. The van der Waals surface area contributed by atoms with Gasteiger partial charge in [-0.25, -0.2) is 0 Å². The summed E-state index contributed by atoms with van der Waals surface area (Å²) in [6.45, 7) is 2.71. The molecule has 27 heavy (non-hydrogen) atoms. The molecule has 1 heterocycles. The standard InChI is InChI=1S/C18H23F3N2O3.ClH/c1-11-9-13(7-8-22-11)17(25)23-15(10-16(24)26-2)12-3-5-14(6-4-12)18(19,20)21;/h3-6,11,13,15,22H,7-10H2,1-2H3,(H,23,25);1H/t11-,13-,15?;/m0./s1. The van der Waals surface area contributed by atoms with E-state index in [4.69, 9.17) is 0 Å². The van der Waals surface area contributed by atoms with Gasteiger partial charge in [0.1, 0.15) is 0 Å². The molecule has 1 amide bonds. The molecule has 5 nitrogen and oxygen atoms in total. The van der Waals surface area contributed by atoms with E-state index < -0.39 is 23.8 Å². The molecule has 0 spiro atoms. The van der Waals surface area contributed by atoms with Gasteiger partial charge >= 0.3 is 12.1 Å². The summed E-state index contributed by atoms with van der Waals surface area (Å²) in [6.07, 6.45) is -3.24. The normalized spacial score (nSPS) is 20.9. The molecule has 0 aromatic heterocycles. The maximum Gasteiger partial charge on any atom is 0.416 e. The molecule has 1 aromatic rings. The van der Waals surface area contributed by atoms with Crippen LogP contribution in [-0.2, 0) is 20.5 Å². The maximum atomic E-state index is 12.7. The van der Waals surface area contributed by atoms with Crippen molar-refractivity contribution in [1.82, 2.24) is 10.6 Å². The summed E-state index contributed by atoms with van der Waals surface area (Å²) in [4.78, 5) is 24.2. The zero-order valence-electron chi connectivity index (χ0n) is 15.1. The van der Waals surface area contributed by atoms with Gasteiger partial charge in [-0.3, -0.25) is 9.59 Å².